The van der Waals surface area contributed by atoms with Crippen LogP contribution in [-0.4, -0.2) is 40.7 Å². The number of rotatable bonds is 8. The maximum absolute atomic E-state index is 12.2. The standard InChI is InChI=1S/C15H23F3N4O2S.HI/c1-3-20-14(21-9-8-15(16,17)18)22-10-12-4-6-13(7-5-12)11-25(23,24)19-2;/h4-7,19H,3,8-11H2,1-2H3,(H2,20,21,22);1H. The van der Waals surface area contributed by atoms with Gasteiger partial charge < -0.3 is 10.6 Å². The number of aliphatic imine (C=N–C) groups is 1. The van der Waals surface area contributed by atoms with Crippen molar-refractivity contribution in [1.29, 1.82) is 0 Å². The molecule has 3 N–H and O–H groups in total. The Morgan fingerprint density at radius 1 is 1.12 bits per heavy atom. The fraction of sp³-hybridized carbons (Fsp3) is 0.533. The number of halogens is 4. The van der Waals surface area contributed by atoms with E-state index < -0.39 is 22.6 Å². The molecule has 1 aromatic carbocycles. The van der Waals surface area contributed by atoms with E-state index in [-0.39, 0.29) is 42.8 Å². The third-order valence-corrected chi connectivity index (χ3v) is 4.49. The molecule has 0 aliphatic rings. The van der Waals surface area contributed by atoms with Gasteiger partial charge in [-0.2, -0.15) is 13.2 Å². The summed E-state index contributed by atoms with van der Waals surface area (Å²) in [4.78, 5) is 4.22. The number of hydrogen-bond donors (Lipinski definition) is 3. The largest absolute Gasteiger partial charge is 0.390 e. The smallest absolute Gasteiger partial charge is 0.357 e. The molecule has 26 heavy (non-hydrogen) atoms. The summed E-state index contributed by atoms with van der Waals surface area (Å²) in [6.07, 6.45) is -5.15. The Labute approximate surface area is 169 Å². The van der Waals surface area contributed by atoms with Gasteiger partial charge in [0, 0.05) is 13.1 Å². The Bertz CT molecular complexity index is 664. The molecule has 0 bridgehead atoms. The van der Waals surface area contributed by atoms with Gasteiger partial charge in [-0.15, -0.1) is 24.0 Å². The van der Waals surface area contributed by atoms with Gasteiger partial charge in [-0.25, -0.2) is 18.1 Å². The maximum Gasteiger partial charge on any atom is 0.390 e. The Hall–Kier alpha value is -1.08. The van der Waals surface area contributed by atoms with Crippen LogP contribution in [0.5, 0.6) is 0 Å². The van der Waals surface area contributed by atoms with Crippen LogP contribution in [0.25, 0.3) is 0 Å². The Morgan fingerprint density at radius 3 is 2.19 bits per heavy atom. The minimum atomic E-state index is -4.21. The van der Waals surface area contributed by atoms with Gasteiger partial charge in [-0.3, -0.25) is 0 Å². The van der Waals surface area contributed by atoms with Crippen molar-refractivity contribution >= 4 is 40.0 Å². The molecule has 0 heterocycles. The SMILES string of the molecule is CCNC(=NCc1ccc(CS(=O)(=O)NC)cc1)NCCC(F)(F)F.I. The van der Waals surface area contributed by atoms with E-state index in [1.165, 1.54) is 7.05 Å². The second kappa shape index (κ2) is 11.6. The van der Waals surface area contributed by atoms with Gasteiger partial charge in [0.1, 0.15) is 0 Å². The molecule has 6 nitrogen and oxygen atoms in total. The molecule has 1 aromatic rings. The summed E-state index contributed by atoms with van der Waals surface area (Å²) in [6, 6.07) is 6.85. The van der Waals surface area contributed by atoms with Crippen molar-refractivity contribution in [3.05, 3.63) is 35.4 Å². The highest BCUT2D eigenvalue weighted by Crippen LogP contribution is 2.18. The molecular weight excluding hydrogens is 484 g/mol. The first-order valence-corrected chi connectivity index (χ1v) is 9.38. The summed E-state index contributed by atoms with van der Waals surface area (Å²) in [5, 5.41) is 5.50. The fourth-order valence-electron chi connectivity index (χ4n) is 1.87. The predicted octanol–water partition coefficient (Wildman–Crippen LogP) is 2.36. The van der Waals surface area contributed by atoms with Gasteiger partial charge in [-0.05, 0) is 25.1 Å². The van der Waals surface area contributed by atoms with Crippen molar-refractivity contribution < 1.29 is 21.6 Å². The molecule has 0 aliphatic heterocycles. The second-order valence-electron chi connectivity index (χ2n) is 5.27. The summed E-state index contributed by atoms with van der Waals surface area (Å²) < 4.78 is 61.7. The van der Waals surface area contributed by atoms with Crippen LogP contribution in [0.3, 0.4) is 0 Å². The highest BCUT2D eigenvalue weighted by Gasteiger charge is 2.26. The van der Waals surface area contributed by atoms with E-state index in [1.54, 1.807) is 24.3 Å². The van der Waals surface area contributed by atoms with Crippen LogP contribution in [0, 0.1) is 0 Å². The quantitative estimate of drug-likeness (QED) is 0.286. The summed E-state index contributed by atoms with van der Waals surface area (Å²) in [7, 11) is -1.98. The van der Waals surface area contributed by atoms with Crippen molar-refractivity contribution in [3.8, 4) is 0 Å². The zero-order valence-corrected chi connectivity index (χ0v) is 17.7. The molecule has 0 amide bonds. The van der Waals surface area contributed by atoms with Crippen LogP contribution in [0.4, 0.5) is 13.2 Å². The Morgan fingerprint density at radius 2 is 1.69 bits per heavy atom. The molecule has 0 atom stereocenters. The van der Waals surface area contributed by atoms with Crippen LogP contribution in [-0.2, 0) is 22.3 Å². The van der Waals surface area contributed by atoms with Gasteiger partial charge in [0.15, 0.2) is 5.96 Å². The van der Waals surface area contributed by atoms with Crippen molar-refractivity contribution in [1.82, 2.24) is 15.4 Å². The lowest BCUT2D eigenvalue weighted by atomic mass is 10.1. The third kappa shape index (κ3) is 10.8. The first-order valence-electron chi connectivity index (χ1n) is 7.73. The Kier molecular flexibility index (Phi) is 11.1. The number of guanidine groups is 1. The first kappa shape index (κ1) is 24.9. The average molecular weight is 508 g/mol. The average Bonchev–Trinajstić information content (AvgIpc) is 2.52. The molecule has 0 unspecified atom stereocenters. The normalized spacial score (nSPS) is 12.4. The monoisotopic (exact) mass is 508 g/mol. The zero-order valence-electron chi connectivity index (χ0n) is 14.6. The van der Waals surface area contributed by atoms with Gasteiger partial charge in [0.25, 0.3) is 0 Å². The number of benzene rings is 1. The number of nitrogens with zero attached hydrogens (tertiary/aromatic N) is 1. The minimum Gasteiger partial charge on any atom is -0.357 e. The molecule has 0 spiro atoms. The molecule has 150 valence electrons. The van der Waals surface area contributed by atoms with E-state index in [4.69, 9.17) is 0 Å². The number of alkyl halides is 3. The summed E-state index contributed by atoms with van der Waals surface area (Å²) in [5.41, 5.74) is 1.45. The summed E-state index contributed by atoms with van der Waals surface area (Å²) in [5.74, 6) is 0.183. The van der Waals surface area contributed by atoms with Crippen molar-refractivity contribution in [2.75, 3.05) is 20.1 Å². The summed E-state index contributed by atoms with van der Waals surface area (Å²) >= 11 is 0. The van der Waals surface area contributed by atoms with Crippen molar-refractivity contribution in [2.24, 2.45) is 4.99 Å². The molecule has 11 heteroatoms. The Balaban J connectivity index is 0.00000625. The number of nitrogens with one attached hydrogen (secondary N) is 3. The van der Waals surface area contributed by atoms with E-state index >= 15 is 0 Å². The van der Waals surface area contributed by atoms with E-state index in [2.05, 4.69) is 20.3 Å². The van der Waals surface area contributed by atoms with Gasteiger partial charge in [0.2, 0.25) is 10.0 Å². The first-order chi connectivity index (χ1) is 11.6. The van der Waals surface area contributed by atoms with E-state index in [0.29, 0.717) is 18.1 Å². The van der Waals surface area contributed by atoms with Crippen LogP contribution in [0.15, 0.2) is 29.3 Å². The lowest BCUT2D eigenvalue weighted by molar-refractivity contribution is -0.132. The molecule has 0 radical (unpaired) electrons. The molecule has 0 saturated heterocycles. The molecule has 0 saturated carbocycles. The van der Waals surface area contributed by atoms with E-state index in [9.17, 15) is 21.6 Å². The summed E-state index contributed by atoms with van der Waals surface area (Å²) in [6.45, 7) is 2.35. The number of sulfonamides is 1. The van der Waals surface area contributed by atoms with E-state index in [0.717, 1.165) is 5.56 Å². The lowest BCUT2D eigenvalue weighted by Gasteiger charge is -2.12. The fourth-order valence-corrected chi connectivity index (χ4v) is 2.64. The lowest BCUT2D eigenvalue weighted by Crippen LogP contribution is -2.38. The van der Waals surface area contributed by atoms with Gasteiger partial charge >= 0.3 is 6.18 Å². The zero-order chi connectivity index (χ0) is 18.9. The maximum atomic E-state index is 12.2. The molecule has 0 aliphatic carbocycles. The second-order valence-corrected chi connectivity index (χ2v) is 7.19. The minimum absolute atomic E-state index is 0. The van der Waals surface area contributed by atoms with Crippen molar-refractivity contribution in [2.45, 2.75) is 31.8 Å². The molecule has 0 fully saturated rings. The number of hydrogen-bond acceptors (Lipinski definition) is 3. The third-order valence-electron chi connectivity index (χ3n) is 3.16. The van der Waals surface area contributed by atoms with Crippen LogP contribution in [0.1, 0.15) is 24.5 Å². The topological polar surface area (TPSA) is 82.6 Å². The highest BCUT2D eigenvalue weighted by molar-refractivity contribution is 14.0. The highest BCUT2D eigenvalue weighted by atomic mass is 127. The molecule has 0 aromatic heterocycles. The van der Waals surface area contributed by atoms with Crippen molar-refractivity contribution in [3.63, 3.8) is 0 Å². The molecule has 1 rings (SSSR count). The van der Waals surface area contributed by atoms with Gasteiger partial charge in [-0.1, -0.05) is 24.3 Å². The molecular formula is C15H24F3IN4O2S. The van der Waals surface area contributed by atoms with E-state index in [1.807, 2.05) is 6.92 Å². The van der Waals surface area contributed by atoms with Crippen LogP contribution in [0.2, 0.25) is 0 Å². The predicted molar refractivity (Wildman–Crippen MR) is 107 cm³/mol. The van der Waals surface area contributed by atoms with Gasteiger partial charge in [0.05, 0.1) is 18.7 Å². The van der Waals surface area contributed by atoms with Crippen LogP contribution >= 0.6 is 24.0 Å². The van der Waals surface area contributed by atoms with Crippen LogP contribution < -0.4 is 15.4 Å².